The number of nitrogens with one attached hydrogen (secondary N) is 1. The summed E-state index contributed by atoms with van der Waals surface area (Å²) in [6, 6.07) is -0.340. The maximum atomic E-state index is 11.7. The number of aliphatic carboxylic acids is 1. The van der Waals surface area contributed by atoms with Crippen LogP contribution in [0.25, 0.3) is 0 Å². The molecule has 1 aliphatic rings. The Kier molecular flexibility index (Phi) is 5.31. The molecule has 0 aromatic heterocycles. The number of carbonyl (C=O) groups excluding carboxylic acids is 1. The third-order valence-electron chi connectivity index (χ3n) is 2.63. The number of alkyl carbamates (subject to hydrolysis) is 1. The van der Waals surface area contributed by atoms with E-state index in [-0.39, 0.29) is 18.4 Å². The van der Waals surface area contributed by atoms with Crippen molar-refractivity contribution in [1.82, 2.24) is 5.32 Å². The molecule has 1 saturated heterocycles. The van der Waals surface area contributed by atoms with Crippen LogP contribution >= 0.6 is 11.8 Å². The molecule has 1 fully saturated rings. The van der Waals surface area contributed by atoms with E-state index in [4.69, 9.17) is 9.84 Å². The van der Waals surface area contributed by atoms with E-state index in [1.54, 1.807) is 32.5 Å². The summed E-state index contributed by atoms with van der Waals surface area (Å²) in [6.45, 7) is 5.35. The number of carboxylic acid groups (broad SMARTS) is 1. The van der Waals surface area contributed by atoms with E-state index in [0.29, 0.717) is 0 Å². The van der Waals surface area contributed by atoms with E-state index in [9.17, 15) is 9.59 Å². The van der Waals surface area contributed by atoms with Crippen molar-refractivity contribution in [3.63, 3.8) is 0 Å². The zero-order valence-corrected chi connectivity index (χ0v) is 11.9. The molecule has 0 aromatic rings. The lowest BCUT2D eigenvalue weighted by molar-refractivity contribution is -0.137. The van der Waals surface area contributed by atoms with Crippen LogP contribution in [0.15, 0.2) is 0 Å². The normalized spacial score (nSPS) is 21.4. The van der Waals surface area contributed by atoms with Gasteiger partial charge in [-0.1, -0.05) is 0 Å². The highest BCUT2D eigenvalue weighted by atomic mass is 32.2. The Hall–Kier alpha value is -0.910. The molecule has 5 nitrogen and oxygen atoms in total. The molecule has 1 amide bonds. The molecule has 0 radical (unpaired) electrons. The molecule has 2 N–H and O–H groups in total. The van der Waals surface area contributed by atoms with Gasteiger partial charge < -0.3 is 15.2 Å². The maximum absolute atomic E-state index is 11.7. The summed E-state index contributed by atoms with van der Waals surface area (Å²) >= 11 is 1.79. The van der Waals surface area contributed by atoms with Gasteiger partial charge in [-0.3, -0.25) is 4.79 Å². The van der Waals surface area contributed by atoms with Crippen molar-refractivity contribution in [1.29, 1.82) is 0 Å². The highest BCUT2D eigenvalue weighted by molar-refractivity contribution is 7.99. The number of ether oxygens (including phenoxy) is 1. The number of hydrogen-bond donors (Lipinski definition) is 2. The number of amides is 1. The van der Waals surface area contributed by atoms with Crippen LogP contribution in [0.5, 0.6) is 0 Å². The molecule has 2 unspecified atom stereocenters. The molecular formula is C12H21NO4S. The summed E-state index contributed by atoms with van der Waals surface area (Å²) in [5.41, 5.74) is -0.567. The standard InChI is InChI=1S/C12H21NO4S/c1-12(2,3)17-11(16)13-9(6-10(14)15)8-4-5-18-7-8/h8-9H,4-7H2,1-3H3,(H,13,16)(H,14,15). The number of carboxylic acids is 1. The van der Waals surface area contributed by atoms with Gasteiger partial charge >= 0.3 is 12.1 Å². The second-order valence-electron chi connectivity index (χ2n) is 5.47. The molecule has 0 bridgehead atoms. The molecule has 0 aromatic carbocycles. The molecule has 2 atom stereocenters. The van der Waals surface area contributed by atoms with Crippen LogP contribution in [0.4, 0.5) is 4.79 Å². The minimum absolute atomic E-state index is 0.0511. The van der Waals surface area contributed by atoms with Crippen molar-refractivity contribution >= 4 is 23.8 Å². The largest absolute Gasteiger partial charge is 0.481 e. The van der Waals surface area contributed by atoms with Gasteiger partial charge in [0.2, 0.25) is 0 Å². The zero-order chi connectivity index (χ0) is 13.8. The highest BCUT2D eigenvalue weighted by Gasteiger charge is 2.30. The molecule has 1 aliphatic heterocycles. The summed E-state index contributed by atoms with van der Waals surface area (Å²) < 4.78 is 5.16. The predicted molar refractivity (Wildman–Crippen MR) is 70.8 cm³/mol. The van der Waals surface area contributed by atoms with Crippen molar-refractivity contribution < 1.29 is 19.4 Å². The van der Waals surface area contributed by atoms with E-state index in [0.717, 1.165) is 17.9 Å². The monoisotopic (exact) mass is 275 g/mol. The van der Waals surface area contributed by atoms with Crippen LogP contribution in [0.1, 0.15) is 33.6 Å². The minimum atomic E-state index is -0.895. The molecule has 6 heteroatoms. The van der Waals surface area contributed by atoms with Gasteiger partial charge in [0, 0.05) is 6.04 Å². The molecule has 18 heavy (non-hydrogen) atoms. The van der Waals surface area contributed by atoms with E-state index >= 15 is 0 Å². The molecule has 1 rings (SSSR count). The molecule has 1 heterocycles. The van der Waals surface area contributed by atoms with Gasteiger partial charge in [0.25, 0.3) is 0 Å². The molecule has 0 saturated carbocycles. The van der Waals surface area contributed by atoms with Gasteiger partial charge in [0.05, 0.1) is 6.42 Å². The quantitative estimate of drug-likeness (QED) is 0.822. The summed E-state index contributed by atoms with van der Waals surface area (Å²) in [5, 5.41) is 11.6. The Morgan fingerprint density at radius 2 is 2.17 bits per heavy atom. The molecule has 0 spiro atoms. The Labute approximate surface area is 112 Å². The predicted octanol–water partition coefficient (Wildman–Crippen LogP) is 2.11. The van der Waals surface area contributed by atoms with Crippen molar-refractivity contribution in [2.24, 2.45) is 5.92 Å². The van der Waals surface area contributed by atoms with Gasteiger partial charge in [-0.15, -0.1) is 0 Å². The van der Waals surface area contributed by atoms with Gasteiger partial charge in [-0.2, -0.15) is 11.8 Å². The maximum Gasteiger partial charge on any atom is 0.407 e. The van der Waals surface area contributed by atoms with E-state index in [2.05, 4.69) is 5.32 Å². The highest BCUT2D eigenvalue weighted by Crippen LogP contribution is 2.27. The Balaban J connectivity index is 2.54. The third-order valence-corrected chi connectivity index (χ3v) is 3.82. The lowest BCUT2D eigenvalue weighted by Gasteiger charge is -2.25. The van der Waals surface area contributed by atoms with Crippen molar-refractivity contribution in [2.45, 2.75) is 45.3 Å². The van der Waals surface area contributed by atoms with Crippen LogP contribution in [0.3, 0.4) is 0 Å². The first kappa shape index (κ1) is 15.1. The second kappa shape index (κ2) is 6.31. The lowest BCUT2D eigenvalue weighted by atomic mass is 9.96. The first-order valence-corrected chi connectivity index (χ1v) is 7.22. The van der Waals surface area contributed by atoms with Gasteiger partial charge in [-0.25, -0.2) is 4.79 Å². The number of carbonyl (C=O) groups is 2. The minimum Gasteiger partial charge on any atom is -0.481 e. The average Bonchev–Trinajstić information content (AvgIpc) is 2.64. The van der Waals surface area contributed by atoms with Gasteiger partial charge in [0.15, 0.2) is 0 Å². The zero-order valence-electron chi connectivity index (χ0n) is 11.1. The van der Waals surface area contributed by atoms with Gasteiger partial charge in [-0.05, 0) is 44.6 Å². The smallest absolute Gasteiger partial charge is 0.407 e. The Morgan fingerprint density at radius 3 is 2.61 bits per heavy atom. The SMILES string of the molecule is CC(C)(C)OC(=O)NC(CC(=O)O)C1CCSC1. The molecule has 0 aliphatic carbocycles. The first-order chi connectivity index (χ1) is 8.28. The average molecular weight is 275 g/mol. The fourth-order valence-electron chi connectivity index (χ4n) is 1.85. The van der Waals surface area contributed by atoms with E-state index in [1.165, 1.54) is 0 Å². The topological polar surface area (TPSA) is 75.6 Å². The third kappa shape index (κ3) is 5.62. The summed E-state index contributed by atoms with van der Waals surface area (Å²) in [4.78, 5) is 22.5. The van der Waals surface area contributed by atoms with Crippen molar-refractivity contribution in [3.05, 3.63) is 0 Å². The van der Waals surface area contributed by atoms with Crippen LogP contribution in [0.2, 0.25) is 0 Å². The second-order valence-corrected chi connectivity index (χ2v) is 6.62. The van der Waals surface area contributed by atoms with Crippen LogP contribution in [-0.2, 0) is 9.53 Å². The molecular weight excluding hydrogens is 254 g/mol. The Bertz CT molecular complexity index is 308. The summed E-state index contributed by atoms with van der Waals surface area (Å²) in [7, 11) is 0. The number of hydrogen-bond acceptors (Lipinski definition) is 4. The number of rotatable bonds is 4. The summed E-state index contributed by atoms with van der Waals surface area (Å²) in [5.74, 6) is 1.25. The van der Waals surface area contributed by atoms with Crippen LogP contribution in [-0.4, -0.2) is 40.3 Å². The van der Waals surface area contributed by atoms with Crippen LogP contribution in [0, 0.1) is 5.92 Å². The van der Waals surface area contributed by atoms with E-state index in [1.807, 2.05) is 0 Å². The van der Waals surface area contributed by atoms with Crippen LogP contribution < -0.4 is 5.32 Å². The summed E-state index contributed by atoms with van der Waals surface area (Å²) in [6.07, 6.45) is 0.355. The first-order valence-electron chi connectivity index (χ1n) is 6.07. The molecule has 104 valence electrons. The fourth-order valence-corrected chi connectivity index (χ4v) is 3.19. The lowest BCUT2D eigenvalue weighted by Crippen LogP contribution is -2.44. The number of thioether (sulfide) groups is 1. The van der Waals surface area contributed by atoms with Crippen molar-refractivity contribution in [3.8, 4) is 0 Å². The fraction of sp³-hybridized carbons (Fsp3) is 0.833. The van der Waals surface area contributed by atoms with Gasteiger partial charge in [0.1, 0.15) is 5.60 Å². The van der Waals surface area contributed by atoms with E-state index < -0.39 is 17.7 Å². The Morgan fingerprint density at radius 1 is 1.50 bits per heavy atom. The van der Waals surface area contributed by atoms with Crippen molar-refractivity contribution in [2.75, 3.05) is 11.5 Å².